The minimum absolute atomic E-state index is 0.155. The number of hydrazine groups is 1. The van der Waals surface area contributed by atoms with Gasteiger partial charge in [-0.1, -0.05) is 29.8 Å². The van der Waals surface area contributed by atoms with Gasteiger partial charge in [-0.3, -0.25) is 19.7 Å². The molecule has 3 aliphatic heterocycles. The van der Waals surface area contributed by atoms with Gasteiger partial charge in [0.15, 0.2) is 0 Å². The lowest BCUT2D eigenvalue weighted by molar-refractivity contribution is -0.384. The summed E-state index contributed by atoms with van der Waals surface area (Å²) in [6.07, 6.45) is 0.908. The fourth-order valence-corrected chi connectivity index (χ4v) is 4.90. The van der Waals surface area contributed by atoms with Crippen LogP contribution in [-0.2, 0) is 9.59 Å². The second-order valence-corrected chi connectivity index (χ2v) is 7.87. The Morgan fingerprint density at radius 2 is 1.66 bits per heavy atom. The maximum atomic E-state index is 13.4. The Hall–Kier alpha value is -2.81. The zero-order chi connectivity index (χ0) is 20.3. The molecule has 0 spiro atoms. The van der Waals surface area contributed by atoms with E-state index in [4.69, 9.17) is 11.6 Å². The topological polar surface area (TPSA) is 87.0 Å². The predicted molar refractivity (Wildman–Crippen MR) is 105 cm³/mol. The van der Waals surface area contributed by atoms with Crippen molar-refractivity contribution in [3.05, 3.63) is 69.2 Å². The number of carbonyl (C=O) groups is 2. The van der Waals surface area contributed by atoms with E-state index in [2.05, 4.69) is 5.01 Å². The van der Waals surface area contributed by atoms with E-state index in [1.54, 1.807) is 18.2 Å². The number of benzene rings is 2. The first-order valence-electron chi connectivity index (χ1n) is 9.38. The highest BCUT2D eigenvalue weighted by Crippen LogP contribution is 2.49. The Balaban J connectivity index is 1.57. The maximum absolute atomic E-state index is 13.4. The summed E-state index contributed by atoms with van der Waals surface area (Å²) >= 11 is 6.03. The predicted octanol–water partition coefficient (Wildman–Crippen LogP) is 2.78. The molecule has 0 radical (unpaired) electrons. The van der Waals surface area contributed by atoms with Crippen LogP contribution in [0.1, 0.15) is 18.0 Å². The molecule has 8 nitrogen and oxygen atoms in total. The zero-order valence-electron chi connectivity index (χ0n) is 15.3. The van der Waals surface area contributed by atoms with Gasteiger partial charge >= 0.3 is 0 Å². The van der Waals surface area contributed by atoms with Crippen LogP contribution in [0.15, 0.2) is 48.5 Å². The average Bonchev–Trinajstić information content (AvgIpc) is 3.35. The number of halogens is 1. The van der Waals surface area contributed by atoms with Crippen molar-refractivity contribution in [2.24, 2.45) is 5.92 Å². The molecule has 3 aliphatic rings. The van der Waals surface area contributed by atoms with Crippen LogP contribution in [0.25, 0.3) is 0 Å². The highest BCUT2D eigenvalue weighted by atomic mass is 35.5. The van der Waals surface area contributed by atoms with Gasteiger partial charge in [-0.15, -0.1) is 0 Å². The fraction of sp³-hybridized carbons (Fsp3) is 0.300. The zero-order valence-corrected chi connectivity index (χ0v) is 16.0. The Morgan fingerprint density at radius 1 is 0.966 bits per heavy atom. The largest absolute Gasteiger partial charge is 0.274 e. The summed E-state index contributed by atoms with van der Waals surface area (Å²) in [5.41, 5.74) is 1.01. The van der Waals surface area contributed by atoms with Crippen molar-refractivity contribution in [3.63, 3.8) is 0 Å². The van der Waals surface area contributed by atoms with Crippen molar-refractivity contribution < 1.29 is 14.5 Å². The van der Waals surface area contributed by atoms with Gasteiger partial charge in [0, 0.05) is 30.2 Å². The van der Waals surface area contributed by atoms with Crippen LogP contribution in [0.3, 0.4) is 0 Å². The van der Waals surface area contributed by atoms with Gasteiger partial charge in [0.25, 0.3) is 11.6 Å². The molecule has 2 amide bonds. The first-order chi connectivity index (χ1) is 14.0. The molecule has 2 aromatic carbocycles. The van der Waals surface area contributed by atoms with E-state index in [0.717, 1.165) is 23.4 Å². The number of imide groups is 1. The van der Waals surface area contributed by atoms with E-state index >= 15 is 0 Å². The van der Waals surface area contributed by atoms with Crippen molar-refractivity contribution in [2.75, 3.05) is 18.0 Å². The van der Waals surface area contributed by atoms with Crippen LogP contribution in [0.4, 0.5) is 11.4 Å². The number of carbonyl (C=O) groups excluding carboxylic acids is 2. The van der Waals surface area contributed by atoms with Gasteiger partial charge in [0.05, 0.1) is 22.6 Å². The molecule has 0 saturated carbocycles. The monoisotopic (exact) mass is 412 g/mol. The molecule has 5 rings (SSSR count). The number of nitro groups is 1. The number of amides is 2. The minimum atomic E-state index is -0.593. The smallest absolute Gasteiger partial charge is 0.271 e. The number of rotatable bonds is 3. The summed E-state index contributed by atoms with van der Waals surface area (Å²) in [5.74, 6) is -1.22. The Morgan fingerprint density at radius 3 is 2.34 bits per heavy atom. The molecule has 29 heavy (non-hydrogen) atoms. The van der Waals surface area contributed by atoms with E-state index in [9.17, 15) is 19.7 Å². The highest BCUT2D eigenvalue weighted by molar-refractivity contribution is 6.30. The van der Waals surface area contributed by atoms with Crippen molar-refractivity contribution in [1.82, 2.24) is 10.0 Å². The summed E-state index contributed by atoms with van der Waals surface area (Å²) in [6, 6.07) is 12.1. The lowest BCUT2D eigenvalue weighted by Gasteiger charge is -2.29. The van der Waals surface area contributed by atoms with Crippen LogP contribution in [0.2, 0.25) is 5.02 Å². The van der Waals surface area contributed by atoms with E-state index in [-0.39, 0.29) is 29.2 Å². The Kier molecular flexibility index (Phi) is 4.16. The SMILES string of the molecule is O=C1[C@H]2[C@@H](C(=O)N1c1cccc([N+](=O)[O-])c1)N1CCCN1[C@H]2c1ccc(Cl)cc1. The number of hydrogen-bond acceptors (Lipinski definition) is 6. The second-order valence-electron chi connectivity index (χ2n) is 7.44. The van der Waals surface area contributed by atoms with E-state index < -0.39 is 16.9 Å². The molecule has 3 fully saturated rings. The van der Waals surface area contributed by atoms with Gasteiger partial charge in [0.2, 0.25) is 5.91 Å². The van der Waals surface area contributed by atoms with E-state index in [0.29, 0.717) is 11.6 Å². The van der Waals surface area contributed by atoms with Crippen molar-refractivity contribution >= 4 is 34.8 Å². The molecule has 0 aliphatic carbocycles. The first-order valence-corrected chi connectivity index (χ1v) is 9.76. The third-order valence-corrected chi connectivity index (χ3v) is 6.17. The van der Waals surface area contributed by atoms with Crippen molar-refractivity contribution in [1.29, 1.82) is 0 Å². The van der Waals surface area contributed by atoms with Gasteiger partial charge in [-0.25, -0.2) is 14.9 Å². The van der Waals surface area contributed by atoms with Gasteiger partial charge < -0.3 is 0 Å². The van der Waals surface area contributed by atoms with Gasteiger partial charge in [0.1, 0.15) is 6.04 Å². The summed E-state index contributed by atoms with van der Waals surface area (Å²) in [7, 11) is 0. The lowest BCUT2D eigenvalue weighted by Crippen LogP contribution is -2.44. The summed E-state index contributed by atoms with van der Waals surface area (Å²) < 4.78 is 0. The van der Waals surface area contributed by atoms with Crippen LogP contribution < -0.4 is 4.90 Å². The summed E-state index contributed by atoms with van der Waals surface area (Å²) in [4.78, 5) is 38.4. The van der Waals surface area contributed by atoms with E-state index in [1.807, 2.05) is 17.1 Å². The number of nitro benzene ring substituents is 1. The number of non-ortho nitro benzene ring substituents is 1. The molecule has 0 bridgehead atoms. The van der Waals surface area contributed by atoms with Crippen LogP contribution >= 0.6 is 11.6 Å². The normalized spacial score (nSPS) is 26.8. The molecule has 2 aromatic rings. The lowest BCUT2D eigenvalue weighted by atomic mass is 9.90. The number of nitrogens with zero attached hydrogens (tertiary/aromatic N) is 4. The molecule has 9 heteroatoms. The maximum Gasteiger partial charge on any atom is 0.271 e. The van der Waals surface area contributed by atoms with E-state index in [1.165, 1.54) is 18.2 Å². The number of fused-ring (bicyclic) bond motifs is 3. The molecule has 0 N–H and O–H groups in total. The molecule has 0 aromatic heterocycles. The number of anilines is 1. The van der Waals surface area contributed by atoms with Crippen molar-refractivity contribution in [3.8, 4) is 0 Å². The molecule has 148 valence electrons. The van der Waals surface area contributed by atoms with Gasteiger partial charge in [-0.05, 0) is 30.2 Å². The standard InChI is InChI=1S/C20H17ClN4O4/c21-13-7-5-12(6-8-13)17-16-18(23-10-2-9-22(17)23)20(27)24(19(16)26)14-3-1-4-15(11-14)25(28)29/h1,3-8,11,16-18H,2,9-10H2/t16-,17+,18+/m1/s1. The highest BCUT2D eigenvalue weighted by Gasteiger charge is 2.62. The van der Waals surface area contributed by atoms with Crippen LogP contribution in [0, 0.1) is 16.0 Å². The first kappa shape index (κ1) is 18.2. The van der Waals surface area contributed by atoms with Crippen molar-refractivity contribution in [2.45, 2.75) is 18.5 Å². The third-order valence-electron chi connectivity index (χ3n) is 5.92. The molecule has 3 atom stereocenters. The average molecular weight is 413 g/mol. The fourth-order valence-electron chi connectivity index (χ4n) is 4.77. The molecular formula is C20H17ClN4O4. The number of hydrogen-bond donors (Lipinski definition) is 0. The van der Waals surface area contributed by atoms with Crippen LogP contribution in [0.5, 0.6) is 0 Å². The molecular weight excluding hydrogens is 396 g/mol. The third kappa shape index (κ3) is 2.67. The molecule has 3 saturated heterocycles. The van der Waals surface area contributed by atoms with Crippen LogP contribution in [-0.4, -0.2) is 45.9 Å². The Bertz CT molecular complexity index is 1030. The quantitative estimate of drug-likeness (QED) is 0.437. The molecule has 0 unspecified atom stereocenters. The van der Waals surface area contributed by atoms with Gasteiger partial charge in [-0.2, -0.15) is 0 Å². The Labute approximate surface area is 171 Å². The molecule has 3 heterocycles. The second kappa shape index (κ2) is 6.62. The minimum Gasteiger partial charge on any atom is -0.274 e. The summed E-state index contributed by atoms with van der Waals surface area (Å²) in [6.45, 7) is 1.48. The summed E-state index contributed by atoms with van der Waals surface area (Å²) in [5, 5.41) is 15.8.